The predicted molar refractivity (Wildman–Crippen MR) is 73.4 cm³/mol. The van der Waals surface area contributed by atoms with Crippen LogP contribution >= 0.6 is 23.4 Å². The van der Waals surface area contributed by atoms with Crippen LogP contribution in [0, 0.1) is 5.82 Å². The molecule has 1 heterocycles. The fourth-order valence-corrected chi connectivity index (χ4v) is 3.94. The highest BCUT2D eigenvalue weighted by Crippen LogP contribution is 2.31. The lowest BCUT2D eigenvalue weighted by Gasteiger charge is -2.22. The van der Waals surface area contributed by atoms with Crippen molar-refractivity contribution in [3.05, 3.63) is 34.6 Å². The molecule has 0 spiro atoms. The molecule has 0 amide bonds. The van der Waals surface area contributed by atoms with Crippen molar-refractivity contribution in [2.45, 2.75) is 30.6 Å². The van der Waals surface area contributed by atoms with Gasteiger partial charge in [-0.05, 0) is 49.8 Å². The molecule has 2 atom stereocenters. The molecule has 1 aliphatic rings. The van der Waals surface area contributed by atoms with Crippen molar-refractivity contribution < 1.29 is 4.39 Å². The van der Waals surface area contributed by atoms with Crippen LogP contribution in [0.1, 0.15) is 18.4 Å². The number of rotatable bonds is 4. The van der Waals surface area contributed by atoms with Crippen LogP contribution in [0.25, 0.3) is 0 Å². The average molecular weight is 274 g/mol. The molecule has 1 N–H and O–H groups in total. The van der Waals surface area contributed by atoms with E-state index in [1.807, 2.05) is 18.8 Å². The first-order chi connectivity index (χ1) is 8.20. The quantitative estimate of drug-likeness (QED) is 0.901. The van der Waals surface area contributed by atoms with E-state index in [2.05, 4.69) is 5.32 Å². The van der Waals surface area contributed by atoms with Gasteiger partial charge in [0.2, 0.25) is 0 Å². The Labute approximate surface area is 111 Å². The highest BCUT2D eigenvalue weighted by Gasteiger charge is 2.25. The summed E-state index contributed by atoms with van der Waals surface area (Å²) in [5, 5.41) is 4.55. The molecule has 1 aliphatic heterocycles. The van der Waals surface area contributed by atoms with Crippen molar-refractivity contribution >= 4 is 23.4 Å². The molecule has 1 fully saturated rings. The molecule has 0 aromatic heterocycles. The van der Waals surface area contributed by atoms with Gasteiger partial charge in [0.25, 0.3) is 0 Å². The van der Waals surface area contributed by atoms with Gasteiger partial charge in [0.05, 0.1) is 0 Å². The third kappa shape index (κ3) is 3.36. The summed E-state index contributed by atoms with van der Waals surface area (Å²) in [6, 6.07) is 5.09. The van der Waals surface area contributed by atoms with Gasteiger partial charge >= 0.3 is 0 Å². The van der Waals surface area contributed by atoms with Gasteiger partial charge in [-0.3, -0.25) is 0 Å². The average Bonchev–Trinajstić information content (AvgIpc) is 2.81. The van der Waals surface area contributed by atoms with E-state index in [-0.39, 0.29) is 5.82 Å². The third-order valence-electron chi connectivity index (χ3n) is 3.24. The molecule has 2 unspecified atom stereocenters. The highest BCUT2D eigenvalue weighted by atomic mass is 35.5. The summed E-state index contributed by atoms with van der Waals surface area (Å²) in [6.07, 6.45) is 3.42. The number of nitrogens with one attached hydrogen (secondary N) is 1. The largest absolute Gasteiger partial charge is 0.316 e. The summed E-state index contributed by atoms with van der Waals surface area (Å²) >= 11 is 8.09. The van der Waals surface area contributed by atoms with Crippen LogP contribution in [0.2, 0.25) is 5.02 Å². The Bertz CT molecular complexity index is 380. The van der Waals surface area contributed by atoms with Gasteiger partial charge in [-0.1, -0.05) is 17.7 Å². The van der Waals surface area contributed by atoms with Crippen molar-refractivity contribution in [2.75, 3.05) is 12.8 Å². The summed E-state index contributed by atoms with van der Waals surface area (Å²) in [7, 11) is 1.99. The molecule has 0 radical (unpaired) electrons. The Hall–Kier alpha value is -0.250. The molecule has 1 aromatic carbocycles. The molecule has 17 heavy (non-hydrogen) atoms. The molecule has 0 saturated carbocycles. The van der Waals surface area contributed by atoms with Crippen molar-refractivity contribution in [2.24, 2.45) is 0 Å². The lowest BCUT2D eigenvalue weighted by atomic mass is 10.0. The van der Waals surface area contributed by atoms with E-state index in [4.69, 9.17) is 11.6 Å². The zero-order chi connectivity index (χ0) is 12.3. The zero-order valence-corrected chi connectivity index (χ0v) is 11.5. The maximum atomic E-state index is 13.0. The summed E-state index contributed by atoms with van der Waals surface area (Å²) < 4.78 is 13.0. The SMILES string of the molecule is CNC(Cc1ccc(F)cc1Cl)C1CCCS1. The van der Waals surface area contributed by atoms with Crippen molar-refractivity contribution in [1.82, 2.24) is 5.32 Å². The Kier molecular flexibility index (Phi) is 4.71. The predicted octanol–water partition coefficient (Wildman–Crippen LogP) is 3.51. The Balaban J connectivity index is 2.06. The first-order valence-electron chi connectivity index (χ1n) is 5.93. The van der Waals surface area contributed by atoms with Crippen LogP contribution in [0.4, 0.5) is 4.39 Å². The first-order valence-corrected chi connectivity index (χ1v) is 7.36. The molecule has 2 rings (SSSR count). The molecular weight excluding hydrogens is 257 g/mol. The lowest BCUT2D eigenvalue weighted by molar-refractivity contribution is 0.523. The second-order valence-electron chi connectivity index (χ2n) is 4.39. The molecule has 1 nitrogen and oxygen atoms in total. The molecular formula is C13H17ClFNS. The molecule has 0 aliphatic carbocycles. The lowest BCUT2D eigenvalue weighted by Crippen LogP contribution is -2.36. The number of hydrogen-bond acceptors (Lipinski definition) is 2. The summed E-state index contributed by atoms with van der Waals surface area (Å²) in [5.41, 5.74) is 1.03. The van der Waals surface area contributed by atoms with Gasteiger partial charge in [-0.25, -0.2) is 4.39 Å². The summed E-state index contributed by atoms with van der Waals surface area (Å²) in [5.74, 6) is 0.981. The number of hydrogen-bond donors (Lipinski definition) is 1. The Morgan fingerprint density at radius 2 is 2.41 bits per heavy atom. The van der Waals surface area contributed by atoms with Gasteiger partial charge < -0.3 is 5.32 Å². The third-order valence-corrected chi connectivity index (χ3v) is 5.11. The molecule has 94 valence electrons. The van der Waals surface area contributed by atoms with Crippen LogP contribution in [-0.4, -0.2) is 24.1 Å². The normalized spacial score (nSPS) is 21.7. The number of likely N-dealkylation sites (N-methyl/N-ethyl adjacent to an activating group) is 1. The Morgan fingerprint density at radius 3 is 3.00 bits per heavy atom. The number of thioether (sulfide) groups is 1. The topological polar surface area (TPSA) is 12.0 Å². The van der Waals surface area contributed by atoms with Crippen molar-refractivity contribution in [1.29, 1.82) is 0 Å². The van der Waals surface area contributed by atoms with Crippen molar-refractivity contribution in [3.8, 4) is 0 Å². The van der Waals surface area contributed by atoms with Crippen LogP contribution in [0.5, 0.6) is 0 Å². The van der Waals surface area contributed by atoms with Gasteiger partial charge in [-0.2, -0.15) is 11.8 Å². The van der Waals surface area contributed by atoms with Crippen LogP contribution < -0.4 is 5.32 Å². The molecule has 1 saturated heterocycles. The first kappa shape index (κ1) is 13.2. The van der Waals surface area contributed by atoms with E-state index in [1.54, 1.807) is 6.07 Å². The van der Waals surface area contributed by atoms with Crippen LogP contribution in [-0.2, 0) is 6.42 Å². The maximum absolute atomic E-state index is 13.0. The summed E-state index contributed by atoms with van der Waals surface area (Å²) in [6.45, 7) is 0. The van der Waals surface area contributed by atoms with Crippen molar-refractivity contribution in [3.63, 3.8) is 0 Å². The van der Waals surface area contributed by atoms with Crippen LogP contribution in [0.3, 0.4) is 0 Å². The van der Waals surface area contributed by atoms with E-state index >= 15 is 0 Å². The number of benzene rings is 1. The molecule has 1 aromatic rings. The maximum Gasteiger partial charge on any atom is 0.124 e. The van der Waals surface area contributed by atoms with Crippen LogP contribution in [0.15, 0.2) is 18.2 Å². The monoisotopic (exact) mass is 273 g/mol. The van der Waals surface area contributed by atoms with E-state index in [9.17, 15) is 4.39 Å². The fourth-order valence-electron chi connectivity index (χ4n) is 2.26. The van der Waals surface area contributed by atoms with E-state index in [1.165, 1.54) is 30.7 Å². The van der Waals surface area contributed by atoms with Gasteiger partial charge in [-0.15, -0.1) is 0 Å². The van der Waals surface area contributed by atoms with Gasteiger partial charge in [0, 0.05) is 16.3 Å². The summed E-state index contributed by atoms with van der Waals surface area (Å²) in [4.78, 5) is 0. The molecule has 4 heteroatoms. The van der Waals surface area contributed by atoms with Gasteiger partial charge in [0.15, 0.2) is 0 Å². The van der Waals surface area contributed by atoms with E-state index < -0.39 is 0 Å². The number of halogens is 2. The zero-order valence-electron chi connectivity index (χ0n) is 9.88. The smallest absolute Gasteiger partial charge is 0.124 e. The second kappa shape index (κ2) is 6.07. The minimum absolute atomic E-state index is 0.269. The van der Waals surface area contributed by atoms with Gasteiger partial charge in [0.1, 0.15) is 5.82 Å². The minimum atomic E-state index is -0.269. The van der Waals surface area contributed by atoms with E-state index in [0.717, 1.165) is 12.0 Å². The Morgan fingerprint density at radius 1 is 1.59 bits per heavy atom. The minimum Gasteiger partial charge on any atom is -0.316 e. The standard InChI is InChI=1S/C13H17ClFNS/c1-16-12(13-3-2-6-17-13)7-9-4-5-10(15)8-11(9)14/h4-5,8,12-13,16H,2-3,6-7H2,1H3. The van der Waals surface area contributed by atoms with E-state index in [0.29, 0.717) is 16.3 Å². The molecule has 0 bridgehead atoms. The highest BCUT2D eigenvalue weighted by molar-refractivity contribution is 8.00. The fraction of sp³-hybridized carbons (Fsp3) is 0.538. The second-order valence-corrected chi connectivity index (χ2v) is 6.14.